The summed E-state index contributed by atoms with van der Waals surface area (Å²) in [6, 6.07) is 0.0962. The number of hydrogen-bond donors (Lipinski definition) is 2. The van der Waals surface area contributed by atoms with Crippen molar-refractivity contribution in [1.29, 1.82) is 0 Å². The van der Waals surface area contributed by atoms with Crippen molar-refractivity contribution in [2.75, 3.05) is 37.0 Å². The quantitative estimate of drug-likeness (QED) is 0.857. The number of aromatic nitrogens is 2. The number of nitrogens with zero attached hydrogens (tertiary/aromatic N) is 3. The number of alkyl carbamates (subject to hydrolysis) is 1. The van der Waals surface area contributed by atoms with E-state index in [1.54, 1.807) is 6.33 Å². The number of nitrogens with one attached hydrogen (secondary N) is 2. The van der Waals surface area contributed by atoms with E-state index in [0.29, 0.717) is 0 Å². The van der Waals surface area contributed by atoms with Gasteiger partial charge in [0.15, 0.2) is 0 Å². The van der Waals surface area contributed by atoms with Crippen LogP contribution in [0.25, 0.3) is 0 Å². The van der Waals surface area contributed by atoms with E-state index in [4.69, 9.17) is 0 Å². The lowest BCUT2D eigenvalue weighted by atomic mass is 10.2. The highest BCUT2D eigenvalue weighted by molar-refractivity contribution is 5.67. The second-order valence-electron chi connectivity index (χ2n) is 5.17. The molecule has 1 aliphatic heterocycles. The molecule has 1 aromatic rings. The fourth-order valence-electron chi connectivity index (χ4n) is 2.48. The molecule has 0 radical (unpaired) electrons. The van der Waals surface area contributed by atoms with Crippen LogP contribution in [0.1, 0.15) is 25.3 Å². The zero-order chi connectivity index (χ0) is 15.2. The molecule has 1 amide bonds. The Morgan fingerprint density at radius 2 is 2.33 bits per heavy atom. The molecule has 0 aliphatic carbocycles. The van der Waals surface area contributed by atoms with Gasteiger partial charge in [-0.05, 0) is 19.8 Å². The van der Waals surface area contributed by atoms with Gasteiger partial charge in [0.25, 0.3) is 0 Å². The van der Waals surface area contributed by atoms with E-state index in [0.717, 1.165) is 49.7 Å². The van der Waals surface area contributed by atoms with Gasteiger partial charge in [0.2, 0.25) is 0 Å². The zero-order valence-electron chi connectivity index (χ0n) is 12.8. The molecule has 2 rings (SSSR count). The van der Waals surface area contributed by atoms with E-state index in [-0.39, 0.29) is 12.1 Å². The summed E-state index contributed by atoms with van der Waals surface area (Å²) < 4.78 is 4.64. The lowest BCUT2D eigenvalue weighted by Crippen LogP contribution is -2.37. The van der Waals surface area contributed by atoms with Crippen LogP contribution in [0.5, 0.6) is 0 Å². The number of ether oxygens (including phenoxy) is 1. The monoisotopic (exact) mass is 293 g/mol. The molecule has 7 nitrogen and oxygen atoms in total. The van der Waals surface area contributed by atoms with Gasteiger partial charge in [-0.3, -0.25) is 0 Å². The Balaban J connectivity index is 2.04. The van der Waals surface area contributed by atoms with Crippen LogP contribution in [0.15, 0.2) is 6.33 Å². The lowest BCUT2D eigenvalue weighted by molar-refractivity contribution is 0.167. The third-order valence-corrected chi connectivity index (χ3v) is 3.60. The molecule has 21 heavy (non-hydrogen) atoms. The summed E-state index contributed by atoms with van der Waals surface area (Å²) in [6.07, 6.45) is 3.14. The van der Waals surface area contributed by atoms with Gasteiger partial charge in [-0.25, -0.2) is 14.8 Å². The highest BCUT2D eigenvalue weighted by Gasteiger charge is 2.26. The van der Waals surface area contributed by atoms with Gasteiger partial charge >= 0.3 is 6.09 Å². The van der Waals surface area contributed by atoms with E-state index in [9.17, 15) is 4.79 Å². The molecule has 2 N–H and O–H groups in total. The summed E-state index contributed by atoms with van der Waals surface area (Å²) >= 11 is 0. The SMILES string of the molecule is CCCNc1ncnc(N2CCC(NC(=O)OC)C2)c1C. The Morgan fingerprint density at radius 3 is 3.05 bits per heavy atom. The highest BCUT2D eigenvalue weighted by atomic mass is 16.5. The Kier molecular flexibility index (Phi) is 5.19. The van der Waals surface area contributed by atoms with Crippen LogP contribution in [0.2, 0.25) is 0 Å². The van der Waals surface area contributed by atoms with Gasteiger partial charge in [-0.15, -0.1) is 0 Å². The van der Waals surface area contributed by atoms with Crippen molar-refractivity contribution in [1.82, 2.24) is 15.3 Å². The number of amides is 1. The van der Waals surface area contributed by atoms with E-state index in [1.165, 1.54) is 7.11 Å². The van der Waals surface area contributed by atoms with Gasteiger partial charge in [0, 0.05) is 25.2 Å². The van der Waals surface area contributed by atoms with E-state index >= 15 is 0 Å². The summed E-state index contributed by atoms with van der Waals surface area (Å²) in [5.41, 5.74) is 1.05. The summed E-state index contributed by atoms with van der Waals surface area (Å²) in [4.78, 5) is 22.1. The molecular weight excluding hydrogens is 270 g/mol. The summed E-state index contributed by atoms with van der Waals surface area (Å²) in [7, 11) is 1.38. The molecule has 7 heteroatoms. The standard InChI is InChI=1S/C14H23N5O2/c1-4-6-15-12-10(2)13(17-9-16-12)19-7-5-11(8-19)18-14(20)21-3/h9,11H,4-8H2,1-3H3,(H,18,20)(H,15,16,17). The number of rotatable bonds is 5. The lowest BCUT2D eigenvalue weighted by Gasteiger charge is -2.21. The topological polar surface area (TPSA) is 79.4 Å². The minimum absolute atomic E-state index is 0.0962. The van der Waals surface area contributed by atoms with Crippen molar-refractivity contribution in [2.24, 2.45) is 0 Å². The van der Waals surface area contributed by atoms with Gasteiger partial charge in [-0.2, -0.15) is 0 Å². The first-order valence-electron chi connectivity index (χ1n) is 7.30. The molecule has 1 atom stereocenters. The molecule has 1 aromatic heterocycles. The first-order chi connectivity index (χ1) is 10.2. The molecule has 0 bridgehead atoms. The predicted molar refractivity (Wildman–Crippen MR) is 81.7 cm³/mol. The molecule has 0 spiro atoms. The van der Waals surface area contributed by atoms with Crippen LogP contribution in [0, 0.1) is 6.92 Å². The molecule has 0 saturated carbocycles. The van der Waals surface area contributed by atoms with Crippen LogP contribution in [-0.2, 0) is 4.74 Å². The van der Waals surface area contributed by atoms with E-state index in [2.05, 4.69) is 37.2 Å². The third-order valence-electron chi connectivity index (χ3n) is 3.60. The second-order valence-corrected chi connectivity index (χ2v) is 5.17. The maximum absolute atomic E-state index is 11.3. The summed E-state index contributed by atoms with van der Waals surface area (Å²) in [6.45, 7) is 6.63. The maximum atomic E-state index is 11.3. The van der Waals surface area contributed by atoms with Gasteiger partial charge in [0.05, 0.1) is 13.2 Å². The van der Waals surface area contributed by atoms with Crippen molar-refractivity contribution in [3.05, 3.63) is 11.9 Å². The van der Waals surface area contributed by atoms with Gasteiger partial charge in [0.1, 0.15) is 18.0 Å². The van der Waals surface area contributed by atoms with E-state index in [1.807, 2.05) is 6.92 Å². The molecule has 2 heterocycles. The second kappa shape index (κ2) is 7.10. The highest BCUT2D eigenvalue weighted by Crippen LogP contribution is 2.25. The van der Waals surface area contributed by atoms with Crippen molar-refractivity contribution >= 4 is 17.7 Å². The molecule has 1 fully saturated rings. The summed E-state index contributed by atoms with van der Waals surface area (Å²) in [5.74, 6) is 1.81. The molecule has 1 unspecified atom stereocenters. The molecule has 1 aliphatic rings. The Bertz CT molecular complexity index is 494. The Morgan fingerprint density at radius 1 is 1.52 bits per heavy atom. The largest absolute Gasteiger partial charge is 0.453 e. The minimum Gasteiger partial charge on any atom is -0.453 e. The molecular formula is C14H23N5O2. The normalized spacial score (nSPS) is 17.7. The average Bonchev–Trinajstić information content (AvgIpc) is 2.94. The van der Waals surface area contributed by atoms with Crippen LogP contribution in [0.3, 0.4) is 0 Å². The first-order valence-corrected chi connectivity index (χ1v) is 7.30. The van der Waals surface area contributed by atoms with Crippen molar-refractivity contribution < 1.29 is 9.53 Å². The Hall–Kier alpha value is -2.05. The minimum atomic E-state index is -0.383. The fourth-order valence-corrected chi connectivity index (χ4v) is 2.48. The van der Waals surface area contributed by atoms with Crippen molar-refractivity contribution in [3.63, 3.8) is 0 Å². The maximum Gasteiger partial charge on any atom is 0.407 e. The predicted octanol–water partition coefficient (Wildman–Crippen LogP) is 1.54. The van der Waals surface area contributed by atoms with Gasteiger partial charge < -0.3 is 20.3 Å². The van der Waals surface area contributed by atoms with E-state index < -0.39 is 0 Å². The van der Waals surface area contributed by atoms with Crippen LogP contribution >= 0.6 is 0 Å². The van der Waals surface area contributed by atoms with Crippen LogP contribution in [-0.4, -0.2) is 48.8 Å². The number of hydrogen-bond acceptors (Lipinski definition) is 6. The number of carbonyl (C=O) groups excluding carboxylic acids is 1. The third kappa shape index (κ3) is 3.74. The number of anilines is 2. The average molecular weight is 293 g/mol. The van der Waals surface area contributed by atoms with Crippen LogP contribution in [0.4, 0.5) is 16.4 Å². The Labute approximate surface area is 125 Å². The molecule has 116 valence electrons. The smallest absolute Gasteiger partial charge is 0.407 e. The zero-order valence-corrected chi connectivity index (χ0v) is 12.8. The number of carbonyl (C=O) groups is 1. The van der Waals surface area contributed by atoms with Crippen molar-refractivity contribution in [2.45, 2.75) is 32.7 Å². The summed E-state index contributed by atoms with van der Waals surface area (Å²) in [5, 5.41) is 6.15. The van der Waals surface area contributed by atoms with Gasteiger partial charge in [-0.1, -0.05) is 6.92 Å². The van der Waals surface area contributed by atoms with Crippen LogP contribution < -0.4 is 15.5 Å². The first kappa shape index (κ1) is 15.3. The number of methoxy groups -OCH3 is 1. The fraction of sp³-hybridized carbons (Fsp3) is 0.643. The van der Waals surface area contributed by atoms with Crippen molar-refractivity contribution in [3.8, 4) is 0 Å². The molecule has 1 saturated heterocycles. The molecule has 0 aromatic carbocycles.